The van der Waals surface area contributed by atoms with Gasteiger partial charge in [0.2, 0.25) is 0 Å². The molecule has 0 radical (unpaired) electrons. The predicted molar refractivity (Wildman–Crippen MR) is 45.6 cm³/mol. The second-order valence-corrected chi connectivity index (χ2v) is 4.80. The first-order valence-corrected chi connectivity index (χ1v) is 4.75. The number of Topliss-reactive ketones (excluding diaryl/α,β-unsaturated/α-hetero) is 1. The van der Waals surface area contributed by atoms with Crippen LogP contribution in [0.3, 0.4) is 0 Å². The van der Waals surface area contributed by atoms with E-state index in [4.69, 9.17) is 0 Å². The zero-order valence-corrected chi connectivity index (χ0v) is 7.71. The lowest BCUT2D eigenvalue weighted by atomic mass is 9.54. The van der Waals surface area contributed by atoms with E-state index in [0.29, 0.717) is 12.3 Å². The van der Waals surface area contributed by atoms with Gasteiger partial charge in [0, 0.05) is 5.92 Å². The molecule has 2 bridgehead atoms. The summed E-state index contributed by atoms with van der Waals surface area (Å²) in [6.07, 6.45) is 2.06. The van der Waals surface area contributed by atoms with Crippen molar-refractivity contribution in [2.45, 2.75) is 39.2 Å². The summed E-state index contributed by atoms with van der Waals surface area (Å²) in [5.41, 5.74) is 0.161. The number of hydrogen-bond donors (Lipinski definition) is 1. The van der Waals surface area contributed by atoms with Crippen LogP contribution in [0.4, 0.5) is 0 Å². The first-order valence-electron chi connectivity index (χ1n) is 4.75. The van der Waals surface area contributed by atoms with E-state index in [9.17, 15) is 9.90 Å². The molecule has 0 saturated heterocycles. The summed E-state index contributed by atoms with van der Waals surface area (Å²) in [7, 11) is 0. The van der Waals surface area contributed by atoms with Gasteiger partial charge in [0.25, 0.3) is 0 Å². The molecule has 0 aliphatic heterocycles. The lowest BCUT2D eigenvalue weighted by Crippen LogP contribution is -2.48. The van der Waals surface area contributed by atoms with Crippen molar-refractivity contribution in [1.82, 2.24) is 0 Å². The van der Waals surface area contributed by atoms with Crippen LogP contribution in [0.1, 0.15) is 33.1 Å². The average Bonchev–Trinajstić information content (AvgIpc) is 2.18. The lowest BCUT2D eigenvalue weighted by Gasteiger charge is -2.49. The Bertz CT molecular complexity index is 220. The Balaban J connectivity index is 2.24. The van der Waals surface area contributed by atoms with Crippen LogP contribution in [0.5, 0.6) is 0 Å². The van der Waals surface area contributed by atoms with Crippen LogP contribution in [-0.4, -0.2) is 17.0 Å². The number of carbonyl (C=O) groups is 1. The third kappa shape index (κ3) is 0.875. The van der Waals surface area contributed by atoms with Gasteiger partial charge in [-0.05, 0) is 30.6 Å². The van der Waals surface area contributed by atoms with Gasteiger partial charge in [-0.2, -0.15) is 0 Å². The monoisotopic (exact) mass is 168 g/mol. The molecule has 3 fully saturated rings. The third-order valence-corrected chi connectivity index (χ3v) is 3.93. The number of rotatable bonds is 0. The van der Waals surface area contributed by atoms with Gasteiger partial charge in [-0.3, -0.25) is 4.79 Å². The predicted octanol–water partition coefficient (Wildman–Crippen LogP) is 1.37. The Morgan fingerprint density at radius 3 is 2.67 bits per heavy atom. The molecule has 0 heterocycles. The van der Waals surface area contributed by atoms with Crippen molar-refractivity contribution < 1.29 is 9.90 Å². The molecule has 0 amide bonds. The van der Waals surface area contributed by atoms with Crippen molar-refractivity contribution in [2.24, 2.45) is 17.3 Å². The van der Waals surface area contributed by atoms with E-state index < -0.39 is 6.10 Å². The second-order valence-electron chi connectivity index (χ2n) is 4.80. The molecule has 3 aliphatic rings. The molecule has 2 heteroatoms. The minimum Gasteiger partial charge on any atom is -0.385 e. The second kappa shape index (κ2) is 2.32. The fourth-order valence-corrected chi connectivity index (χ4v) is 2.72. The first kappa shape index (κ1) is 8.24. The van der Waals surface area contributed by atoms with Crippen LogP contribution in [0.25, 0.3) is 0 Å². The number of fused-ring (bicyclic) bond motifs is 3. The number of ketones is 1. The maximum absolute atomic E-state index is 11.5. The molecule has 0 aromatic heterocycles. The number of aliphatic hydroxyl groups excluding tert-OH is 1. The summed E-state index contributed by atoms with van der Waals surface area (Å²) in [4.78, 5) is 11.5. The standard InChI is InChI=1S/C10H16O2/c1-10(2)6-3-4-8(11)9(12)7(10)5-6/h6-8,11H,3-5H2,1-2H3/t6-,7+,8-/m1/s1. The fraction of sp³-hybridized carbons (Fsp3) is 0.900. The van der Waals surface area contributed by atoms with Gasteiger partial charge in [-0.25, -0.2) is 0 Å². The molecule has 3 saturated carbocycles. The summed E-state index contributed by atoms with van der Waals surface area (Å²) >= 11 is 0. The number of aliphatic hydroxyl groups is 1. The normalized spacial score (nSPS) is 44.9. The average molecular weight is 168 g/mol. The van der Waals surface area contributed by atoms with Crippen molar-refractivity contribution in [3.05, 3.63) is 0 Å². The molecule has 1 N–H and O–H groups in total. The molecule has 12 heavy (non-hydrogen) atoms. The maximum Gasteiger partial charge on any atom is 0.164 e. The molecular weight excluding hydrogens is 152 g/mol. The smallest absolute Gasteiger partial charge is 0.164 e. The summed E-state index contributed by atoms with van der Waals surface area (Å²) in [6.45, 7) is 4.31. The lowest BCUT2D eigenvalue weighted by molar-refractivity contribution is -0.141. The molecular formula is C10H16O2. The van der Waals surface area contributed by atoms with Crippen LogP contribution in [-0.2, 0) is 4.79 Å². The Kier molecular flexibility index (Phi) is 1.59. The molecule has 3 aliphatic carbocycles. The SMILES string of the molecule is CC1(C)[C@@H]2CC[C@@H](O)C(=O)[C@@H]1C2. The van der Waals surface area contributed by atoms with Crippen molar-refractivity contribution in [3.8, 4) is 0 Å². The number of hydrogen-bond acceptors (Lipinski definition) is 2. The van der Waals surface area contributed by atoms with Crippen molar-refractivity contribution >= 4 is 5.78 Å². The van der Waals surface area contributed by atoms with E-state index in [1.165, 1.54) is 0 Å². The van der Waals surface area contributed by atoms with Gasteiger partial charge >= 0.3 is 0 Å². The van der Waals surface area contributed by atoms with E-state index in [1.807, 2.05) is 0 Å². The minimum absolute atomic E-state index is 0.0914. The Hall–Kier alpha value is -0.370. The van der Waals surface area contributed by atoms with Gasteiger partial charge in [0.1, 0.15) is 6.10 Å². The van der Waals surface area contributed by atoms with Crippen LogP contribution < -0.4 is 0 Å². The van der Waals surface area contributed by atoms with E-state index in [0.717, 1.165) is 12.8 Å². The topological polar surface area (TPSA) is 37.3 Å². The van der Waals surface area contributed by atoms with Gasteiger partial charge in [0.15, 0.2) is 5.78 Å². The van der Waals surface area contributed by atoms with E-state index in [1.54, 1.807) is 0 Å². The summed E-state index contributed by atoms with van der Waals surface area (Å²) in [5.74, 6) is 0.900. The third-order valence-electron chi connectivity index (χ3n) is 3.93. The molecule has 68 valence electrons. The molecule has 0 unspecified atom stereocenters. The quantitative estimate of drug-likeness (QED) is 0.593. The Labute approximate surface area is 73.0 Å². The molecule has 2 nitrogen and oxygen atoms in total. The van der Waals surface area contributed by atoms with Gasteiger partial charge in [-0.15, -0.1) is 0 Å². The first-order chi connectivity index (χ1) is 5.53. The summed E-state index contributed by atoms with van der Waals surface area (Å²) in [6, 6.07) is 0. The van der Waals surface area contributed by atoms with Crippen LogP contribution in [0.15, 0.2) is 0 Å². The van der Waals surface area contributed by atoms with E-state index in [2.05, 4.69) is 13.8 Å². The fourth-order valence-electron chi connectivity index (χ4n) is 2.72. The molecule has 0 spiro atoms. The van der Waals surface area contributed by atoms with Gasteiger partial charge < -0.3 is 5.11 Å². The molecule has 0 aromatic carbocycles. The largest absolute Gasteiger partial charge is 0.385 e. The van der Waals surface area contributed by atoms with Crippen molar-refractivity contribution in [2.75, 3.05) is 0 Å². The number of carbonyl (C=O) groups excluding carboxylic acids is 1. The Morgan fingerprint density at radius 2 is 2.08 bits per heavy atom. The molecule has 3 rings (SSSR count). The van der Waals surface area contributed by atoms with Gasteiger partial charge in [-0.1, -0.05) is 13.8 Å². The summed E-state index contributed by atoms with van der Waals surface area (Å²) in [5, 5.41) is 9.44. The van der Waals surface area contributed by atoms with E-state index in [-0.39, 0.29) is 17.1 Å². The zero-order valence-electron chi connectivity index (χ0n) is 7.71. The van der Waals surface area contributed by atoms with Crippen LogP contribution in [0, 0.1) is 17.3 Å². The van der Waals surface area contributed by atoms with E-state index >= 15 is 0 Å². The minimum atomic E-state index is -0.665. The highest BCUT2D eigenvalue weighted by molar-refractivity contribution is 5.87. The Morgan fingerprint density at radius 1 is 1.42 bits per heavy atom. The molecule has 0 aromatic rings. The molecule has 3 atom stereocenters. The van der Waals surface area contributed by atoms with Crippen molar-refractivity contribution in [1.29, 1.82) is 0 Å². The highest BCUT2D eigenvalue weighted by Crippen LogP contribution is 2.56. The van der Waals surface area contributed by atoms with Crippen LogP contribution in [0.2, 0.25) is 0 Å². The highest BCUT2D eigenvalue weighted by atomic mass is 16.3. The van der Waals surface area contributed by atoms with Gasteiger partial charge in [0.05, 0.1) is 0 Å². The zero-order chi connectivity index (χ0) is 8.93. The maximum atomic E-state index is 11.5. The van der Waals surface area contributed by atoms with Crippen LogP contribution >= 0.6 is 0 Å². The van der Waals surface area contributed by atoms with Crippen molar-refractivity contribution in [3.63, 3.8) is 0 Å². The highest BCUT2D eigenvalue weighted by Gasteiger charge is 2.54. The summed E-state index contributed by atoms with van der Waals surface area (Å²) < 4.78 is 0.